The number of aromatic nitrogens is 1. The van der Waals surface area contributed by atoms with Gasteiger partial charge in [-0.05, 0) is 88.1 Å². The Bertz CT molecular complexity index is 858. The van der Waals surface area contributed by atoms with Gasteiger partial charge in [-0.1, -0.05) is 48.0 Å². The van der Waals surface area contributed by atoms with E-state index in [0.29, 0.717) is 13.1 Å². The number of benzene rings is 2. The topological polar surface area (TPSA) is 97.1 Å². The normalized spacial score (nSPS) is 13.4. The average Bonchev–Trinajstić information content (AvgIpc) is 3.46. The standard InChI is InChI=1S/C10H12N2.C8H18N2.C7H8ClN/c11-6-5-8-7-12-10-4-2-1-3-9(8)10;9-5-1-2-6-10-7-3-4-8-10;8-7-4-2-1-3-6(7)5-9/h1-4,7,12H,5-6,11H2;1-9H2;1-4H,5,9H2. The third-order valence-corrected chi connectivity index (χ3v) is 5.76. The fourth-order valence-corrected chi connectivity index (χ4v) is 3.86. The van der Waals surface area contributed by atoms with Gasteiger partial charge in [-0.15, -0.1) is 0 Å². The van der Waals surface area contributed by atoms with Crippen molar-refractivity contribution in [3.05, 3.63) is 70.9 Å². The molecule has 0 aliphatic carbocycles. The zero-order valence-corrected chi connectivity index (χ0v) is 19.3. The maximum Gasteiger partial charge on any atom is 0.0456 e. The molecular formula is C25H38ClN5. The fourth-order valence-electron chi connectivity index (χ4n) is 3.64. The third kappa shape index (κ3) is 9.01. The fraction of sp³-hybridized carbons (Fsp3) is 0.440. The van der Waals surface area contributed by atoms with Gasteiger partial charge in [0.2, 0.25) is 0 Å². The van der Waals surface area contributed by atoms with Gasteiger partial charge in [-0.25, -0.2) is 0 Å². The summed E-state index contributed by atoms with van der Waals surface area (Å²) >= 11 is 5.74. The van der Waals surface area contributed by atoms with Crippen LogP contribution in [-0.4, -0.2) is 42.6 Å². The van der Waals surface area contributed by atoms with E-state index in [1.807, 2.05) is 36.5 Å². The molecule has 6 heteroatoms. The lowest BCUT2D eigenvalue weighted by Crippen LogP contribution is -2.20. The summed E-state index contributed by atoms with van der Waals surface area (Å²) < 4.78 is 0. The van der Waals surface area contributed by atoms with Crippen LogP contribution in [0.5, 0.6) is 0 Å². The number of fused-ring (bicyclic) bond motifs is 1. The molecule has 1 fully saturated rings. The van der Waals surface area contributed by atoms with Crippen molar-refractivity contribution in [1.29, 1.82) is 0 Å². The Morgan fingerprint density at radius 1 is 0.839 bits per heavy atom. The van der Waals surface area contributed by atoms with E-state index in [2.05, 4.69) is 28.1 Å². The zero-order valence-electron chi connectivity index (χ0n) is 18.5. The summed E-state index contributed by atoms with van der Waals surface area (Å²) in [7, 11) is 0. The van der Waals surface area contributed by atoms with Crippen LogP contribution in [0.3, 0.4) is 0 Å². The molecule has 0 bridgehead atoms. The van der Waals surface area contributed by atoms with Crippen molar-refractivity contribution < 1.29 is 0 Å². The molecule has 31 heavy (non-hydrogen) atoms. The molecule has 1 saturated heterocycles. The number of H-pyrrole nitrogens is 1. The monoisotopic (exact) mass is 443 g/mol. The van der Waals surface area contributed by atoms with Crippen molar-refractivity contribution in [2.75, 3.05) is 32.7 Å². The molecule has 170 valence electrons. The first-order valence-corrected chi connectivity index (χ1v) is 11.7. The quantitative estimate of drug-likeness (QED) is 0.409. The van der Waals surface area contributed by atoms with Gasteiger partial charge >= 0.3 is 0 Å². The van der Waals surface area contributed by atoms with Crippen LogP contribution in [-0.2, 0) is 13.0 Å². The molecular weight excluding hydrogens is 406 g/mol. The van der Waals surface area contributed by atoms with Crippen LogP contribution >= 0.6 is 11.6 Å². The van der Waals surface area contributed by atoms with Crippen LogP contribution in [0.25, 0.3) is 10.9 Å². The van der Waals surface area contributed by atoms with Gasteiger partial charge in [-0.2, -0.15) is 0 Å². The Morgan fingerprint density at radius 3 is 2.19 bits per heavy atom. The molecule has 0 atom stereocenters. The van der Waals surface area contributed by atoms with Gasteiger partial charge in [0.05, 0.1) is 0 Å². The lowest BCUT2D eigenvalue weighted by molar-refractivity contribution is 0.331. The maximum absolute atomic E-state index is 5.74. The molecule has 0 spiro atoms. The van der Waals surface area contributed by atoms with Gasteiger partial charge in [0.1, 0.15) is 0 Å². The van der Waals surface area contributed by atoms with Gasteiger partial charge in [0.15, 0.2) is 0 Å². The minimum Gasteiger partial charge on any atom is -0.361 e. The summed E-state index contributed by atoms with van der Waals surface area (Å²) in [5.41, 5.74) is 19.8. The molecule has 3 aromatic rings. The average molecular weight is 444 g/mol. The van der Waals surface area contributed by atoms with Crippen LogP contribution in [0.15, 0.2) is 54.7 Å². The van der Waals surface area contributed by atoms with E-state index < -0.39 is 0 Å². The predicted molar refractivity (Wildman–Crippen MR) is 134 cm³/mol. The van der Waals surface area contributed by atoms with E-state index in [1.165, 1.54) is 61.8 Å². The molecule has 1 aliphatic rings. The number of unbranched alkanes of at least 4 members (excludes halogenated alkanes) is 1. The number of likely N-dealkylation sites (tertiary alicyclic amines) is 1. The van der Waals surface area contributed by atoms with Crippen LogP contribution in [0.4, 0.5) is 0 Å². The number of para-hydroxylation sites is 1. The Hall–Kier alpha value is -1.89. The van der Waals surface area contributed by atoms with Gasteiger partial charge in [0.25, 0.3) is 0 Å². The number of hydrogen-bond donors (Lipinski definition) is 4. The lowest BCUT2D eigenvalue weighted by atomic mass is 10.1. The maximum atomic E-state index is 5.74. The third-order valence-electron chi connectivity index (χ3n) is 5.39. The van der Waals surface area contributed by atoms with Crippen molar-refractivity contribution in [2.45, 2.75) is 38.6 Å². The first kappa shape index (κ1) is 25.4. The van der Waals surface area contributed by atoms with Crippen molar-refractivity contribution in [3.8, 4) is 0 Å². The minimum atomic E-state index is 0.514. The largest absolute Gasteiger partial charge is 0.361 e. The number of hydrogen-bond acceptors (Lipinski definition) is 4. The van der Waals surface area contributed by atoms with Crippen LogP contribution < -0.4 is 17.2 Å². The predicted octanol–water partition coefficient (Wildman–Crippen LogP) is 4.29. The number of aromatic amines is 1. The second-order valence-electron chi connectivity index (χ2n) is 7.74. The molecule has 2 aromatic carbocycles. The summed E-state index contributed by atoms with van der Waals surface area (Å²) in [6.07, 6.45) is 8.28. The van der Waals surface area contributed by atoms with Crippen LogP contribution in [0.1, 0.15) is 36.8 Å². The van der Waals surface area contributed by atoms with E-state index in [0.717, 1.165) is 23.6 Å². The SMILES string of the molecule is NCCCCN1CCCC1.NCCc1c[nH]c2ccccc12.NCc1ccccc1Cl. The summed E-state index contributed by atoms with van der Waals surface area (Å²) in [6.45, 7) is 6.00. The molecule has 0 unspecified atom stereocenters. The Morgan fingerprint density at radius 2 is 1.55 bits per heavy atom. The van der Waals surface area contributed by atoms with E-state index in [1.54, 1.807) is 0 Å². The minimum absolute atomic E-state index is 0.514. The summed E-state index contributed by atoms with van der Waals surface area (Å²) in [5, 5.41) is 2.04. The summed E-state index contributed by atoms with van der Waals surface area (Å²) in [6, 6.07) is 15.9. The van der Waals surface area contributed by atoms with Crippen LogP contribution in [0.2, 0.25) is 5.02 Å². The second kappa shape index (κ2) is 15.0. The number of nitrogens with zero attached hydrogens (tertiary/aromatic N) is 1. The highest BCUT2D eigenvalue weighted by molar-refractivity contribution is 6.31. The molecule has 1 aliphatic heterocycles. The van der Waals surface area contributed by atoms with E-state index in [-0.39, 0.29) is 0 Å². The van der Waals surface area contributed by atoms with E-state index in [9.17, 15) is 0 Å². The molecule has 7 N–H and O–H groups in total. The van der Waals surface area contributed by atoms with Crippen molar-refractivity contribution in [1.82, 2.24) is 9.88 Å². The summed E-state index contributed by atoms with van der Waals surface area (Å²) in [4.78, 5) is 5.75. The summed E-state index contributed by atoms with van der Waals surface area (Å²) in [5.74, 6) is 0. The molecule has 4 rings (SSSR count). The van der Waals surface area contributed by atoms with Crippen molar-refractivity contribution >= 4 is 22.5 Å². The Labute approximate surface area is 191 Å². The molecule has 0 amide bonds. The first-order valence-electron chi connectivity index (χ1n) is 11.3. The van der Waals surface area contributed by atoms with E-state index >= 15 is 0 Å². The Balaban J connectivity index is 0.000000167. The van der Waals surface area contributed by atoms with Gasteiger partial charge in [0, 0.05) is 28.7 Å². The van der Waals surface area contributed by atoms with Crippen molar-refractivity contribution in [3.63, 3.8) is 0 Å². The van der Waals surface area contributed by atoms with E-state index in [4.69, 9.17) is 28.8 Å². The number of halogens is 1. The molecule has 1 aromatic heterocycles. The van der Waals surface area contributed by atoms with Crippen molar-refractivity contribution in [2.24, 2.45) is 17.2 Å². The first-order chi connectivity index (χ1) is 15.2. The Kier molecular flexibility index (Phi) is 12.3. The lowest BCUT2D eigenvalue weighted by Gasteiger charge is -2.12. The van der Waals surface area contributed by atoms with Crippen LogP contribution in [0, 0.1) is 0 Å². The molecule has 0 saturated carbocycles. The highest BCUT2D eigenvalue weighted by Crippen LogP contribution is 2.17. The van der Waals surface area contributed by atoms with Gasteiger partial charge in [-0.3, -0.25) is 0 Å². The molecule has 2 heterocycles. The van der Waals surface area contributed by atoms with Gasteiger partial charge < -0.3 is 27.1 Å². The number of nitrogens with one attached hydrogen (secondary N) is 1. The highest BCUT2D eigenvalue weighted by atomic mass is 35.5. The smallest absolute Gasteiger partial charge is 0.0456 e. The highest BCUT2D eigenvalue weighted by Gasteiger charge is 2.09. The zero-order chi connectivity index (χ0) is 22.3. The molecule has 5 nitrogen and oxygen atoms in total. The molecule has 0 radical (unpaired) electrons. The number of nitrogens with two attached hydrogens (primary N) is 3. The number of rotatable bonds is 7. The second-order valence-corrected chi connectivity index (χ2v) is 8.15.